The molecule has 1 heterocycles. The molecule has 0 unspecified atom stereocenters. The number of carbonyl (C=O) groups is 1. The maximum atomic E-state index is 12.8. The maximum absolute atomic E-state index is 12.8. The Morgan fingerprint density at radius 1 is 1.23 bits per heavy atom. The molecule has 0 radical (unpaired) electrons. The predicted octanol–water partition coefficient (Wildman–Crippen LogP) is 3.69. The number of anilines is 1. The number of ketones is 1. The Kier molecular flexibility index (Phi) is 5.02. The second-order valence-corrected chi connectivity index (χ2v) is 5.80. The molecule has 0 amide bonds. The average molecular weight is 355 g/mol. The highest BCUT2D eigenvalue weighted by molar-refractivity contribution is 6.11. The molecule has 6 heteroatoms. The van der Waals surface area contributed by atoms with E-state index in [0.717, 1.165) is 5.56 Å². The van der Waals surface area contributed by atoms with Crippen molar-refractivity contribution in [2.24, 2.45) is 0 Å². The molecule has 0 spiro atoms. The standard InChI is InChI=1S/C20H21NO5/c1-4-24-16-10-14(5-6-15(16)21)19(22)12(2)7-13-8-17(23-3)20-18(9-13)25-11-26-20/h5-10H,4,11,21H2,1-3H3/b12-7+. The Labute approximate surface area is 152 Å². The van der Waals surface area contributed by atoms with Crippen LogP contribution < -0.4 is 24.7 Å². The Hall–Kier alpha value is -3.15. The molecule has 1 aliphatic heterocycles. The molecule has 0 bridgehead atoms. The van der Waals surface area contributed by atoms with Crippen LogP contribution in [0.15, 0.2) is 35.9 Å². The van der Waals surface area contributed by atoms with Crippen molar-refractivity contribution in [3.05, 3.63) is 47.0 Å². The quantitative estimate of drug-likeness (QED) is 0.484. The largest absolute Gasteiger partial charge is 0.493 e. The minimum Gasteiger partial charge on any atom is -0.493 e. The van der Waals surface area contributed by atoms with Crippen LogP contribution in [0.5, 0.6) is 23.0 Å². The molecule has 0 saturated heterocycles. The van der Waals surface area contributed by atoms with E-state index in [9.17, 15) is 4.79 Å². The minimum atomic E-state index is -0.109. The van der Waals surface area contributed by atoms with Crippen molar-refractivity contribution in [3.63, 3.8) is 0 Å². The van der Waals surface area contributed by atoms with Gasteiger partial charge < -0.3 is 24.7 Å². The first-order chi connectivity index (χ1) is 12.5. The van der Waals surface area contributed by atoms with Gasteiger partial charge in [-0.1, -0.05) is 0 Å². The number of ether oxygens (including phenoxy) is 4. The van der Waals surface area contributed by atoms with Gasteiger partial charge in [0.05, 0.1) is 19.4 Å². The average Bonchev–Trinajstić information content (AvgIpc) is 3.11. The summed E-state index contributed by atoms with van der Waals surface area (Å²) < 4.78 is 21.6. The van der Waals surface area contributed by atoms with Crippen molar-refractivity contribution in [1.29, 1.82) is 0 Å². The number of rotatable bonds is 6. The van der Waals surface area contributed by atoms with Gasteiger partial charge in [-0.15, -0.1) is 0 Å². The third-order valence-electron chi connectivity index (χ3n) is 4.00. The lowest BCUT2D eigenvalue weighted by Gasteiger charge is -2.09. The summed E-state index contributed by atoms with van der Waals surface area (Å²) >= 11 is 0. The SMILES string of the molecule is CCOc1cc(C(=O)/C(C)=C/c2cc(OC)c3c(c2)OCO3)ccc1N. The highest BCUT2D eigenvalue weighted by Gasteiger charge is 2.20. The van der Waals surface area contributed by atoms with Crippen LogP contribution in [-0.2, 0) is 0 Å². The fourth-order valence-electron chi connectivity index (χ4n) is 2.73. The lowest BCUT2D eigenvalue weighted by atomic mass is 10.0. The van der Waals surface area contributed by atoms with Crippen molar-refractivity contribution in [2.75, 3.05) is 26.2 Å². The fraction of sp³-hybridized carbons (Fsp3) is 0.250. The van der Waals surface area contributed by atoms with E-state index in [1.165, 1.54) is 0 Å². The number of hydrogen-bond donors (Lipinski definition) is 1. The molecule has 1 aliphatic rings. The third kappa shape index (κ3) is 3.44. The molecular formula is C20H21NO5. The smallest absolute Gasteiger partial charge is 0.231 e. The number of allylic oxidation sites excluding steroid dienone is 1. The molecule has 0 atom stereocenters. The normalized spacial score (nSPS) is 12.8. The second kappa shape index (κ2) is 7.39. The number of benzene rings is 2. The summed E-state index contributed by atoms with van der Waals surface area (Å²) in [7, 11) is 1.56. The Balaban J connectivity index is 1.90. The van der Waals surface area contributed by atoms with Gasteiger partial charge in [0.15, 0.2) is 17.3 Å². The molecule has 3 rings (SSSR count). The first-order valence-corrected chi connectivity index (χ1v) is 8.26. The van der Waals surface area contributed by atoms with Gasteiger partial charge in [-0.05, 0) is 61.4 Å². The van der Waals surface area contributed by atoms with Crippen LogP contribution in [0.1, 0.15) is 29.8 Å². The molecular weight excluding hydrogens is 334 g/mol. The topological polar surface area (TPSA) is 80.0 Å². The van der Waals surface area contributed by atoms with E-state index in [-0.39, 0.29) is 12.6 Å². The first-order valence-electron chi connectivity index (χ1n) is 8.26. The maximum Gasteiger partial charge on any atom is 0.231 e. The van der Waals surface area contributed by atoms with Crippen molar-refractivity contribution in [3.8, 4) is 23.0 Å². The van der Waals surface area contributed by atoms with Crippen LogP contribution in [0.3, 0.4) is 0 Å². The van der Waals surface area contributed by atoms with E-state index in [0.29, 0.717) is 46.4 Å². The molecule has 0 fully saturated rings. The first kappa shape index (κ1) is 17.7. The van der Waals surface area contributed by atoms with E-state index in [4.69, 9.17) is 24.7 Å². The highest BCUT2D eigenvalue weighted by atomic mass is 16.7. The lowest BCUT2D eigenvalue weighted by Crippen LogP contribution is -2.03. The number of nitrogen functional groups attached to an aromatic ring is 1. The third-order valence-corrected chi connectivity index (χ3v) is 4.00. The summed E-state index contributed by atoms with van der Waals surface area (Å²) in [4.78, 5) is 12.8. The van der Waals surface area contributed by atoms with Gasteiger partial charge >= 0.3 is 0 Å². The molecule has 0 aromatic heterocycles. The minimum absolute atomic E-state index is 0.109. The number of hydrogen-bond acceptors (Lipinski definition) is 6. The van der Waals surface area contributed by atoms with Crippen LogP contribution in [0.4, 0.5) is 5.69 Å². The molecule has 2 aromatic carbocycles. The summed E-state index contributed by atoms with van der Waals surface area (Å²) in [6, 6.07) is 8.65. The highest BCUT2D eigenvalue weighted by Crippen LogP contribution is 2.42. The lowest BCUT2D eigenvalue weighted by molar-refractivity contribution is 0.103. The zero-order valence-electron chi connectivity index (χ0n) is 15.0. The van der Waals surface area contributed by atoms with Crippen LogP contribution in [-0.4, -0.2) is 26.3 Å². The predicted molar refractivity (Wildman–Crippen MR) is 99.1 cm³/mol. The molecule has 0 aliphatic carbocycles. The summed E-state index contributed by atoms with van der Waals surface area (Å²) in [5, 5.41) is 0. The van der Waals surface area contributed by atoms with Gasteiger partial charge in [-0.3, -0.25) is 4.79 Å². The van der Waals surface area contributed by atoms with Gasteiger partial charge in [0, 0.05) is 5.56 Å². The van der Waals surface area contributed by atoms with E-state index < -0.39 is 0 Å². The van der Waals surface area contributed by atoms with Crippen molar-refractivity contribution in [1.82, 2.24) is 0 Å². The van der Waals surface area contributed by atoms with Crippen LogP contribution in [0.25, 0.3) is 6.08 Å². The Morgan fingerprint density at radius 2 is 2.04 bits per heavy atom. The summed E-state index contributed by atoms with van der Waals surface area (Å²) in [6.07, 6.45) is 1.78. The Bertz CT molecular complexity index is 873. The van der Waals surface area contributed by atoms with E-state index in [2.05, 4.69) is 0 Å². The second-order valence-electron chi connectivity index (χ2n) is 5.80. The van der Waals surface area contributed by atoms with Crippen LogP contribution >= 0.6 is 0 Å². The van der Waals surface area contributed by atoms with E-state index in [1.54, 1.807) is 44.4 Å². The Morgan fingerprint density at radius 3 is 2.77 bits per heavy atom. The molecule has 136 valence electrons. The summed E-state index contributed by atoms with van der Waals surface area (Å²) in [6.45, 7) is 4.26. The number of carbonyl (C=O) groups excluding carboxylic acids is 1. The van der Waals surface area contributed by atoms with Crippen molar-refractivity contribution in [2.45, 2.75) is 13.8 Å². The summed E-state index contributed by atoms with van der Waals surface area (Å²) in [5.74, 6) is 2.14. The van der Waals surface area contributed by atoms with Gasteiger partial charge in [0.25, 0.3) is 0 Å². The molecule has 0 saturated carbocycles. The van der Waals surface area contributed by atoms with Gasteiger partial charge in [-0.2, -0.15) is 0 Å². The molecule has 2 aromatic rings. The number of Topliss-reactive ketones (excluding diaryl/α,β-unsaturated/α-hetero) is 1. The van der Waals surface area contributed by atoms with Crippen molar-refractivity contribution >= 4 is 17.5 Å². The van der Waals surface area contributed by atoms with Gasteiger partial charge in [0.1, 0.15) is 5.75 Å². The number of methoxy groups -OCH3 is 1. The van der Waals surface area contributed by atoms with Gasteiger partial charge in [0.2, 0.25) is 12.5 Å². The van der Waals surface area contributed by atoms with Crippen molar-refractivity contribution < 1.29 is 23.7 Å². The van der Waals surface area contributed by atoms with E-state index >= 15 is 0 Å². The zero-order valence-corrected chi connectivity index (χ0v) is 15.0. The van der Waals surface area contributed by atoms with Crippen LogP contribution in [0, 0.1) is 0 Å². The van der Waals surface area contributed by atoms with Gasteiger partial charge in [-0.25, -0.2) is 0 Å². The number of fused-ring (bicyclic) bond motifs is 1. The summed E-state index contributed by atoms with van der Waals surface area (Å²) in [5.41, 5.74) is 8.25. The molecule has 6 nitrogen and oxygen atoms in total. The molecule has 26 heavy (non-hydrogen) atoms. The fourth-order valence-corrected chi connectivity index (χ4v) is 2.73. The zero-order chi connectivity index (χ0) is 18.7. The molecule has 2 N–H and O–H groups in total. The van der Waals surface area contributed by atoms with Crippen LogP contribution in [0.2, 0.25) is 0 Å². The monoisotopic (exact) mass is 355 g/mol. The number of nitrogens with two attached hydrogens (primary N) is 1. The van der Waals surface area contributed by atoms with E-state index in [1.807, 2.05) is 13.0 Å².